The van der Waals surface area contributed by atoms with Crippen molar-refractivity contribution in [2.75, 3.05) is 26.3 Å². The minimum absolute atomic E-state index is 0.0528. The third-order valence-electron chi connectivity index (χ3n) is 2.81. The third-order valence-corrected chi connectivity index (χ3v) is 2.81. The minimum atomic E-state index is -0.834. The number of rotatable bonds is 4. The number of halogens is 2. The first-order valence-corrected chi connectivity index (χ1v) is 5.56. The Bertz CT molecular complexity index is 447. The summed E-state index contributed by atoms with van der Waals surface area (Å²) in [7, 11) is 0. The number of ether oxygens (including phenoxy) is 1. The van der Waals surface area contributed by atoms with Gasteiger partial charge in [-0.1, -0.05) is 0 Å². The van der Waals surface area contributed by atoms with Gasteiger partial charge in [-0.05, 0) is 12.1 Å². The fraction of sp³-hybridized carbons (Fsp3) is 0.417. The van der Waals surface area contributed by atoms with Gasteiger partial charge in [0, 0.05) is 31.7 Å². The predicted molar refractivity (Wildman–Crippen MR) is 59.0 cm³/mol. The van der Waals surface area contributed by atoms with E-state index in [9.17, 15) is 13.6 Å². The summed E-state index contributed by atoms with van der Waals surface area (Å²) in [6.07, 6.45) is 0. The Morgan fingerprint density at radius 3 is 2.78 bits per heavy atom. The summed E-state index contributed by atoms with van der Waals surface area (Å²) in [5.41, 5.74) is 0. The topological polar surface area (TPSA) is 49.8 Å². The van der Waals surface area contributed by atoms with E-state index in [0.717, 1.165) is 12.1 Å². The third kappa shape index (κ3) is 2.76. The average molecular weight is 257 g/mol. The molecule has 2 rings (SSSR count). The van der Waals surface area contributed by atoms with Crippen LogP contribution in [0.4, 0.5) is 8.78 Å². The van der Waals surface area contributed by atoms with Crippen LogP contribution in [-0.4, -0.2) is 42.2 Å². The molecule has 1 fully saturated rings. The first kappa shape index (κ1) is 12.8. The molecule has 1 heterocycles. The lowest BCUT2D eigenvalue weighted by Gasteiger charge is -2.38. The van der Waals surface area contributed by atoms with Gasteiger partial charge >= 0.3 is 0 Å². The van der Waals surface area contributed by atoms with Gasteiger partial charge in [0.1, 0.15) is 5.82 Å². The Labute approximate surface area is 103 Å². The van der Waals surface area contributed by atoms with Gasteiger partial charge in [0.05, 0.1) is 0 Å². The Balaban J connectivity index is 1.83. The van der Waals surface area contributed by atoms with Crippen LogP contribution < -0.4 is 4.74 Å². The average Bonchev–Trinajstić information content (AvgIpc) is 2.26. The highest BCUT2D eigenvalue weighted by molar-refractivity contribution is 5.78. The Kier molecular flexibility index (Phi) is 3.76. The number of aliphatic hydroxyl groups excluding tert-OH is 1. The number of hydrogen-bond donors (Lipinski definition) is 1. The molecule has 0 aromatic heterocycles. The molecular formula is C12H13F2NO3. The van der Waals surface area contributed by atoms with Gasteiger partial charge in [-0.15, -0.1) is 0 Å². The number of benzene rings is 1. The largest absolute Gasteiger partial charge is 0.481 e. The van der Waals surface area contributed by atoms with Crippen LogP contribution in [0.3, 0.4) is 0 Å². The minimum Gasteiger partial charge on any atom is -0.481 e. The van der Waals surface area contributed by atoms with Crippen molar-refractivity contribution >= 4 is 5.91 Å². The molecule has 4 nitrogen and oxygen atoms in total. The lowest BCUT2D eigenvalue weighted by Crippen LogP contribution is -2.52. The maximum atomic E-state index is 13.2. The van der Waals surface area contributed by atoms with Crippen LogP contribution in [0.5, 0.6) is 5.75 Å². The van der Waals surface area contributed by atoms with Crippen molar-refractivity contribution in [2.24, 2.45) is 5.92 Å². The van der Waals surface area contributed by atoms with E-state index in [4.69, 9.17) is 9.84 Å². The van der Waals surface area contributed by atoms with Gasteiger partial charge in [0.2, 0.25) is 0 Å². The summed E-state index contributed by atoms with van der Waals surface area (Å²) in [4.78, 5) is 13.1. The quantitative estimate of drug-likeness (QED) is 0.867. The summed E-state index contributed by atoms with van der Waals surface area (Å²) in [6, 6.07) is 2.91. The zero-order valence-electron chi connectivity index (χ0n) is 9.60. The SMILES string of the molecule is O=C(COc1ccc(F)cc1F)N1CC(CO)C1. The van der Waals surface area contributed by atoms with Crippen molar-refractivity contribution < 1.29 is 23.4 Å². The van der Waals surface area contributed by atoms with Gasteiger partial charge < -0.3 is 14.7 Å². The fourth-order valence-electron chi connectivity index (χ4n) is 1.71. The highest BCUT2D eigenvalue weighted by atomic mass is 19.1. The molecule has 0 spiro atoms. The number of carbonyl (C=O) groups is 1. The molecule has 1 aromatic rings. The number of amides is 1. The van der Waals surface area contributed by atoms with Crippen molar-refractivity contribution in [1.29, 1.82) is 0 Å². The number of carbonyl (C=O) groups excluding carboxylic acids is 1. The van der Waals surface area contributed by atoms with E-state index >= 15 is 0 Å². The molecule has 1 saturated heterocycles. The molecule has 1 amide bonds. The number of hydrogen-bond acceptors (Lipinski definition) is 3. The van der Waals surface area contributed by atoms with E-state index in [0.29, 0.717) is 19.2 Å². The standard InChI is InChI=1S/C12H13F2NO3/c13-9-1-2-11(10(14)3-9)18-7-12(17)15-4-8(5-15)6-16/h1-3,8,16H,4-7H2. The van der Waals surface area contributed by atoms with Gasteiger partial charge in [-0.3, -0.25) is 4.79 Å². The van der Waals surface area contributed by atoms with E-state index < -0.39 is 11.6 Å². The molecule has 0 radical (unpaired) electrons. The second-order valence-electron chi connectivity index (χ2n) is 4.21. The van der Waals surface area contributed by atoms with Crippen molar-refractivity contribution in [2.45, 2.75) is 0 Å². The molecule has 1 aliphatic rings. The highest BCUT2D eigenvalue weighted by Gasteiger charge is 2.30. The van der Waals surface area contributed by atoms with Crippen LogP contribution in [0.25, 0.3) is 0 Å². The summed E-state index contributed by atoms with van der Waals surface area (Å²) in [5.74, 6) is -1.83. The molecule has 98 valence electrons. The molecule has 1 N–H and O–H groups in total. The number of nitrogens with zero attached hydrogens (tertiary/aromatic N) is 1. The molecule has 0 unspecified atom stereocenters. The number of aliphatic hydroxyl groups is 1. The van der Waals surface area contributed by atoms with Crippen LogP contribution in [0.1, 0.15) is 0 Å². The van der Waals surface area contributed by atoms with Crippen LogP contribution in [0.15, 0.2) is 18.2 Å². The molecule has 0 atom stereocenters. The Hall–Kier alpha value is -1.69. The molecule has 0 aliphatic carbocycles. The van der Waals surface area contributed by atoms with Gasteiger partial charge in [-0.2, -0.15) is 0 Å². The summed E-state index contributed by atoms with van der Waals surface area (Å²) >= 11 is 0. The molecule has 18 heavy (non-hydrogen) atoms. The van der Waals surface area contributed by atoms with Gasteiger partial charge in [0.15, 0.2) is 18.2 Å². The summed E-state index contributed by atoms with van der Waals surface area (Å²) in [6.45, 7) is 0.743. The van der Waals surface area contributed by atoms with E-state index in [1.54, 1.807) is 0 Å². The summed E-state index contributed by atoms with van der Waals surface area (Å²) < 4.78 is 30.8. The van der Waals surface area contributed by atoms with Crippen LogP contribution in [0, 0.1) is 17.6 Å². The van der Waals surface area contributed by atoms with Crippen molar-refractivity contribution in [3.63, 3.8) is 0 Å². The molecule has 1 aliphatic heterocycles. The lowest BCUT2D eigenvalue weighted by molar-refractivity contribution is -0.140. The van der Waals surface area contributed by atoms with Crippen molar-refractivity contribution in [3.05, 3.63) is 29.8 Å². The first-order valence-electron chi connectivity index (χ1n) is 5.56. The highest BCUT2D eigenvalue weighted by Crippen LogP contribution is 2.19. The Morgan fingerprint density at radius 2 is 2.17 bits per heavy atom. The van der Waals surface area contributed by atoms with Crippen LogP contribution in [-0.2, 0) is 4.79 Å². The van der Waals surface area contributed by atoms with Gasteiger partial charge in [0.25, 0.3) is 5.91 Å². The van der Waals surface area contributed by atoms with Crippen molar-refractivity contribution in [1.82, 2.24) is 4.90 Å². The monoisotopic (exact) mass is 257 g/mol. The van der Waals surface area contributed by atoms with Gasteiger partial charge in [-0.25, -0.2) is 8.78 Å². The van der Waals surface area contributed by atoms with Crippen LogP contribution >= 0.6 is 0 Å². The summed E-state index contributed by atoms with van der Waals surface area (Å²) in [5, 5.41) is 8.80. The molecular weight excluding hydrogens is 244 g/mol. The zero-order chi connectivity index (χ0) is 13.1. The van der Waals surface area contributed by atoms with E-state index in [-0.39, 0.29) is 30.8 Å². The fourth-order valence-corrected chi connectivity index (χ4v) is 1.71. The van der Waals surface area contributed by atoms with E-state index in [2.05, 4.69) is 0 Å². The van der Waals surface area contributed by atoms with Crippen LogP contribution in [0.2, 0.25) is 0 Å². The molecule has 1 aromatic carbocycles. The van der Waals surface area contributed by atoms with Crippen molar-refractivity contribution in [3.8, 4) is 5.75 Å². The van der Waals surface area contributed by atoms with E-state index in [1.807, 2.05) is 0 Å². The first-order chi connectivity index (χ1) is 8.60. The second-order valence-corrected chi connectivity index (χ2v) is 4.21. The van der Waals surface area contributed by atoms with E-state index in [1.165, 1.54) is 4.90 Å². The maximum Gasteiger partial charge on any atom is 0.260 e. The Morgan fingerprint density at radius 1 is 1.44 bits per heavy atom. The molecule has 6 heteroatoms. The molecule has 0 saturated carbocycles. The zero-order valence-corrected chi connectivity index (χ0v) is 9.60. The number of likely N-dealkylation sites (tertiary alicyclic amines) is 1. The maximum absolute atomic E-state index is 13.2. The smallest absolute Gasteiger partial charge is 0.260 e. The predicted octanol–water partition coefficient (Wildman–Crippen LogP) is 0.794. The second kappa shape index (κ2) is 5.30. The molecule has 0 bridgehead atoms. The lowest BCUT2D eigenvalue weighted by atomic mass is 10.0. The normalized spacial score (nSPS) is 15.4.